The van der Waals surface area contributed by atoms with E-state index in [9.17, 15) is 14.7 Å². The molecule has 1 aliphatic rings. The summed E-state index contributed by atoms with van der Waals surface area (Å²) < 4.78 is 0. The fraction of sp³-hybridized carbons (Fsp3) is 0.529. The molecule has 3 rings (SSSR count). The van der Waals surface area contributed by atoms with Gasteiger partial charge in [0.1, 0.15) is 5.69 Å². The first-order valence-corrected chi connectivity index (χ1v) is 8.23. The Kier molecular flexibility index (Phi) is 4.36. The Morgan fingerprint density at radius 1 is 1.46 bits per heavy atom. The second-order valence-corrected chi connectivity index (χ2v) is 6.86. The number of aromatic amines is 1. The fourth-order valence-electron chi connectivity index (χ4n) is 3.68. The number of hydrogen-bond acceptors (Lipinski definition) is 5. The highest BCUT2D eigenvalue weighted by Crippen LogP contribution is 2.35. The van der Waals surface area contributed by atoms with Gasteiger partial charge in [0.05, 0.1) is 35.6 Å². The third kappa shape index (κ3) is 2.80. The topological polar surface area (TPSA) is 99.2 Å². The summed E-state index contributed by atoms with van der Waals surface area (Å²) in [5, 5.41) is 10.3. The molecule has 0 aliphatic carbocycles. The first-order chi connectivity index (χ1) is 11.5. The highest BCUT2D eigenvalue weighted by molar-refractivity contribution is 5.96. The lowest BCUT2D eigenvalue weighted by Crippen LogP contribution is -2.51. The van der Waals surface area contributed by atoms with Gasteiger partial charge in [-0.3, -0.25) is 9.59 Å². The van der Waals surface area contributed by atoms with Crippen LogP contribution in [0, 0.1) is 5.92 Å². The van der Waals surface area contributed by atoms with Gasteiger partial charge in [0.15, 0.2) is 0 Å². The van der Waals surface area contributed by atoms with Crippen LogP contribution in [0.5, 0.6) is 0 Å². The minimum absolute atomic E-state index is 0.0629. The second-order valence-electron chi connectivity index (χ2n) is 6.86. The molecule has 1 aliphatic heterocycles. The van der Waals surface area contributed by atoms with Crippen LogP contribution >= 0.6 is 0 Å². The number of H-pyrrole nitrogens is 1. The number of carbonyl (C=O) groups excluding carboxylic acids is 1. The van der Waals surface area contributed by atoms with E-state index in [1.807, 2.05) is 0 Å². The summed E-state index contributed by atoms with van der Waals surface area (Å²) in [6.45, 7) is 4.69. The lowest BCUT2D eigenvalue weighted by molar-refractivity contribution is 0.0328. The zero-order valence-corrected chi connectivity index (χ0v) is 14.0. The van der Waals surface area contributed by atoms with Gasteiger partial charge in [-0.15, -0.1) is 0 Å². The van der Waals surface area contributed by atoms with Crippen molar-refractivity contribution < 1.29 is 9.90 Å². The van der Waals surface area contributed by atoms with Crippen molar-refractivity contribution in [3.8, 4) is 0 Å². The van der Waals surface area contributed by atoms with E-state index in [4.69, 9.17) is 0 Å². The van der Waals surface area contributed by atoms with Gasteiger partial charge in [0.2, 0.25) is 0 Å². The predicted octanol–water partition coefficient (Wildman–Crippen LogP) is 1.33. The number of pyridine rings is 1. The smallest absolute Gasteiger partial charge is 0.273 e. The second kappa shape index (κ2) is 6.32. The SMILES string of the molecule is CC(C)CC1(CO)CCCN1C(=O)c1cc2c(=O)[nH]cnc2cn1. The van der Waals surface area contributed by atoms with Crippen LogP contribution in [0.25, 0.3) is 10.9 Å². The zero-order valence-electron chi connectivity index (χ0n) is 14.0. The summed E-state index contributed by atoms with van der Waals surface area (Å²) >= 11 is 0. The molecule has 0 spiro atoms. The number of aliphatic hydroxyl groups is 1. The van der Waals surface area contributed by atoms with Crippen molar-refractivity contribution in [2.75, 3.05) is 13.2 Å². The summed E-state index contributed by atoms with van der Waals surface area (Å²) in [6.07, 6.45) is 5.13. The lowest BCUT2D eigenvalue weighted by atomic mass is 9.87. The molecular formula is C17H22N4O3. The molecule has 0 bridgehead atoms. The minimum atomic E-state index is -0.538. The van der Waals surface area contributed by atoms with Crippen molar-refractivity contribution in [2.24, 2.45) is 5.92 Å². The highest BCUT2D eigenvalue weighted by atomic mass is 16.3. The van der Waals surface area contributed by atoms with Gasteiger partial charge < -0.3 is 15.0 Å². The molecule has 1 unspecified atom stereocenters. The molecule has 3 heterocycles. The number of likely N-dealkylation sites (tertiary alicyclic amines) is 1. The van der Waals surface area contributed by atoms with Crippen LogP contribution in [0.15, 0.2) is 23.4 Å². The first-order valence-electron chi connectivity index (χ1n) is 8.23. The molecular weight excluding hydrogens is 308 g/mol. The molecule has 1 amide bonds. The largest absolute Gasteiger partial charge is 0.394 e. The van der Waals surface area contributed by atoms with E-state index in [2.05, 4.69) is 28.8 Å². The number of nitrogens with one attached hydrogen (secondary N) is 1. The molecule has 2 N–H and O–H groups in total. The maximum atomic E-state index is 13.0. The summed E-state index contributed by atoms with van der Waals surface area (Å²) in [5.41, 5.74) is -0.172. The lowest BCUT2D eigenvalue weighted by Gasteiger charge is -2.38. The van der Waals surface area contributed by atoms with E-state index in [1.54, 1.807) is 4.90 Å². The third-order valence-corrected chi connectivity index (χ3v) is 4.67. The van der Waals surface area contributed by atoms with Gasteiger partial charge in [0, 0.05) is 6.54 Å². The van der Waals surface area contributed by atoms with Crippen molar-refractivity contribution in [2.45, 2.75) is 38.6 Å². The van der Waals surface area contributed by atoms with Crippen molar-refractivity contribution in [1.29, 1.82) is 0 Å². The number of hydrogen-bond donors (Lipinski definition) is 2. The number of carbonyl (C=O) groups is 1. The Balaban J connectivity index is 1.98. The molecule has 24 heavy (non-hydrogen) atoms. The van der Waals surface area contributed by atoms with Crippen LogP contribution in [-0.4, -0.2) is 49.6 Å². The van der Waals surface area contributed by atoms with E-state index in [0.717, 1.165) is 19.3 Å². The Bertz CT molecular complexity index is 817. The number of aliphatic hydroxyl groups excluding tert-OH is 1. The number of aromatic nitrogens is 3. The predicted molar refractivity (Wildman–Crippen MR) is 89.7 cm³/mol. The van der Waals surface area contributed by atoms with E-state index in [0.29, 0.717) is 23.4 Å². The quantitative estimate of drug-likeness (QED) is 0.881. The zero-order chi connectivity index (χ0) is 17.3. The Morgan fingerprint density at radius 3 is 2.96 bits per heavy atom. The number of amides is 1. The minimum Gasteiger partial charge on any atom is -0.394 e. The van der Waals surface area contributed by atoms with E-state index < -0.39 is 5.54 Å². The maximum absolute atomic E-state index is 13.0. The molecule has 0 aromatic carbocycles. The van der Waals surface area contributed by atoms with Gasteiger partial charge in [-0.1, -0.05) is 13.8 Å². The van der Waals surface area contributed by atoms with Crippen molar-refractivity contribution in [3.63, 3.8) is 0 Å². The van der Waals surface area contributed by atoms with Gasteiger partial charge in [-0.05, 0) is 31.2 Å². The third-order valence-electron chi connectivity index (χ3n) is 4.67. The Morgan fingerprint density at radius 2 is 2.25 bits per heavy atom. The highest BCUT2D eigenvalue weighted by Gasteiger charge is 2.44. The van der Waals surface area contributed by atoms with Crippen LogP contribution in [-0.2, 0) is 0 Å². The average molecular weight is 330 g/mol. The molecule has 1 atom stereocenters. The molecule has 2 aromatic heterocycles. The monoisotopic (exact) mass is 330 g/mol. The van der Waals surface area contributed by atoms with Crippen LogP contribution in [0.1, 0.15) is 43.6 Å². The van der Waals surface area contributed by atoms with Crippen molar-refractivity contribution >= 4 is 16.8 Å². The molecule has 1 saturated heterocycles. The van der Waals surface area contributed by atoms with Gasteiger partial charge in [-0.25, -0.2) is 9.97 Å². The molecule has 7 heteroatoms. The van der Waals surface area contributed by atoms with Gasteiger partial charge in [-0.2, -0.15) is 0 Å². The molecule has 0 saturated carbocycles. The molecule has 0 radical (unpaired) electrons. The summed E-state index contributed by atoms with van der Waals surface area (Å²) in [4.78, 5) is 37.3. The fourth-order valence-corrected chi connectivity index (χ4v) is 3.68. The molecule has 2 aromatic rings. The number of nitrogens with zero attached hydrogens (tertiary/aromatic N) is 3. The van der Waals surface area contributed by atoms with Crippen LogP contribution in [0.4, 0.5) is 0 Å². The average Bonchev–Trinajstić information content (AvgIpc) is 2.97. The summed E-state index contributed by atoms with van der Waals surface area (Å²) in [5.74, 6) is 0.120. The van der Waals surface area contributed by atoms with Gasteiger partial charge >= 0.3 is 0 Å². The molecule has 128 valence electrons. The van der Waals surface area contributed by atoms with Crippen LogP contribution < -0.4 is 5.56 Å². The van der Waals surface area contributed by atoms with E-state index in [1.165, 1.54) is 18.6 Å². The summed E-state index contributed by atoms with van der Waals surface area (Å²) in [7, 11) is 0. The molecule has 1 fully saturated rings. The Hall–Kier alpha value is -2.28. The summed E-state index contributed by atoms with van der Waals surface area (Å²) in [6, 6.07) is 1.49. The number of fused-ring (bicyclic) bond motifs is 1. The van der Waals surface area contributed by atoms with Gasteiger partial charge in [0.25, 0.3) is 11.5 Å². The van der Waals surface area contributed by atoms with Crippen molar-refractivity contribution in [1.82, 2.24) is 19.9 Å². The normalized spacial score (nSPS) is 20.9. The van der Waals surface area contributed by atoms with Crippen LogP contribution in [0.3, 0.4) is 0 Å². The Labute approximate surface area is 139 Å². The number of rotatable bonds is 4. The maximum Gasteiger partial charge on any atom is 0.273 e. The van der Waals surface area contributed by atoms with Crippen molar-refractivity contribution in [3.05, 3.63) is 34.6 Å². The van der Waals surface area contributed by atoms with E-state index >= 15 is 0 Å². The van der Waals surface area contributed by atoms with Crippen LogP contribution in [0.2, 0.25) is 0 Å². The standard InChI is InChI=1S/C17H22N4O3/c1-11(2)7-17(9-22)4-3-5-21(17)16(24)13-6-12-14(8-18-13)19-10-20-15(12)23/h6,8,10-11,22H,3-5,7,9H2,1-2H3,(H,19,20,23). The van der Waals surface area contributed by atoms with E-state index in [-0.39, 0.29) is 23.8 Å². The molecule has 7 nitrogen and oxygen atoms in total. The first kappa shape index (κ1) is 16.6.